The molecule has 0 saturated heterocycles. The molecular weight excluding hydrogens is 202 g/mol. The molecule has 0 aliphatic rings. The summed E-state index contributed by atoms with van der Waals surface area (Å²) in [6.07, 6.45) is 0.499. The van der Waals surface area contributed by atoms with Gasteiger partial charge in [0.25, 0.3) is 0 Å². The van der Waals surface area contributed by atoms with Gasteiger partial charge in [0.2, 0.25) is 0 Å². The van der Waals surface area contributed by atoms with Crippen LogP contribution in [0.3, 0.4) is 0 Å². The SMILES string of the molecule is COc1cc(C#CC=O)c(Cl)cc1N. The minimum Gasteiger partial charge on any atom is -0.495 e. The second kappa shape index (κ2) is 4.54. The average Bonchev–Trinajstić information content (AvgIpc) is 2.17. The molecule has 1 aromatic carbocycles. The van der Waals surface area contributed by atoms with Crippen LogP contribution in [0, 0.1) is 11.8 Å². The molecule has 0 heterocycles. The number of aldehydes is 1. The number of ether oxygens (including phenoxy) is 1. The highest BCUT2D eigenvalue weighted by Gasteiger charge is 2.04. The van der Waals surface area contributed by atoms with Crippen molar-refractivity contribution in [3.63, 3.8) is 0 Å². The smallest absolute Gasteiger partial charge is 0.193 e. The molecule has 0 radical (unpaired) electrons. The Bertz CT molecular complexity index is 418. The molecular formula is C10H8ClNO2. The first-order valence-corrected chi connectivity index (χ1v) is 4.15. The maximum atomic E-state index is 10.0. The molecule has 0 aliphatic heterocycles. The summed E-state index contributed by atoms with van der Waals surface area (Å²) < 4.78 is 4.98. The summed E-state index contributed by atoms with van der Waals surface area (Å²) in [6, 6.07) is 3.13. The van der Waals surface area contributed by atoms with Crippen molar-refractivity contribution in [2.45, 2.75) is 0 Å². The van der Waals surface area contributed by atoms with Crippen LogP contribution < -0.4 is 10.5 Å². The molecule has 0 bridgehead atoms. The second-order valence-electron chi connectivity index (χ2n) is 2.46. The lowest BCUT2D eigenvalue weighted by Crippen LogP contribution is -1.93. The van der Waals surface area contributed by atoms with E-state index in [1.165, 1.54) is 13.2 Å². The normalized spacial score (nSPS) is 8.71. The van der Waals surface area contributed by atoms with Crippen LogP contribution in [0.2, 0.25) is 5.02 Å². The first kappa shape index (κ1) is 10.4. The fraction of sp³-hybridized carbons (Fsp3) is 0.100. The third-order valence-corrected chi connectivity index (χ3v) is 1.90. The first-order chi connectivity index (χ1) is 6.69. The van der Waals surface area contributed by atoms with E-state index in [0.29, 0.717) is 28.3 Å². The number of benzene rings is 1. The van der Waals surface area contributed by atoms with E-state index in [1.807, 2.05) is 0 Å². The van der Waals surface area contributed by atoms with Crippen LogP contribution in [-0.2, 0) is 4.79 Å². The monoisotopic (exact) mass is 209 g/mol. The Morgan fingerprint density at radius 1 is 1.57 bits per heavy atom. The number of halogens is 1. The number of carbonyl (C=O) groups is 1. The van der Waals surface area contributed by atoms with Gasteiger partial charge in [-0.1, -0.05) is 17.5 Å². The van der Waals surface area contributed by atoms with Gasteiger partial charge in [0.1, 0.15) is 5.75 Å². The Kier molecular flexibility index (Phi) is 3.38. The van der Waals surface area contributed by atoms with Crippen molar-refractivity contribution in [1.82, 2.24) is 0 Å². The van der Waals surface area contributed by atoms with E-state index in [4.69, 9.17) is 22.1 Å². The largest absolute Gasteiger partial charge is 0.495 e. The molecule has 3 nitrogen and oxygen atoms in total. The van der Waals surface area contributed by atoms with Crippen molar-refractivity contribution in [3.8, 4) is 17.6 Å². The zero-order valence-electron chi connectivity index (χ0n) is 7.50. The number of methoxy groups -OCH3 is 1. The number of hydrogen-bond donors (Lipinski definition) is 1. The summed E-state index contributed by atoms with van der Waals surface area (Å²) in [6.45, 7) is 0. The summed E-state index contributed by atoms with van der Waals surface area (Å²) in [7, 11) is 1.50. The lowest BCUT2D eigenvalue weighted by Gasteiger charge is -2.05. The quantitative estimate of drug-likeness (QED) is 0.433. The van der Waals surface area contributed by atoms with E-state index in [1.54, 1.807) is 6.07 Å². The summed E-state index contributed by atoms with van der Waals surface area (Å²) in [5.41, 5.74) is 6.56. The van der Waals surface area contributed by atoms with Gasteiger partial charge in [-0.05, 0) is 18.1 Å². The minimum atomic E-state index is 0.401. The van der Waals surface area contributed by atoms with Crippen molar-refractivity contribution in [2.24, 2.45) is 0 Å². The highest BCUT2D eigenvalue weighted by atomic mass is 35.5. The number of hydrogen-bond acceptors (Lipinski definition) is 3. The van der Waals surface area contributed by atoms with Gasteiger partial charge in [0, 0.05) is 5.56 Å². The van der Waals surface area contributed by atoms with Gasteiger partial charge in [-0.3, -0.25) is 4.79 Å². The number of anilines is 1. The maximum Gasteiger partial charge on any atom is 0.193 e. The third kappa shape index (κ3) is 2.18. The molecule has 0 spiro atoms. The maximum absolute atomic E-state index is 10.0. The Morgan fingerprint density at radius 2 is 2.29 bits per heavy atom. The lowest BCUT2D eigenvalue weighted by atomic mass is 10.2. The third-order valence-electron chi connectivity index (χ3n) is 1.59. The highest BCUT2D eigenvalue weighted by molar-refractivity contribution is 6.32. The van der Waals surface area contributed by atoms with E-state index in [0.717, 1.165) is 0 Å². The van der Waals surface area contributed by atoms with Gasteiger partial charge in [-0.25, -0.2) is 0 Å². The van der Waals surface area contributed by atoms with E-state index < -0.39 is 0 Å². The molecule has 0 amide bonds. The topological polar surface area (TPSA) is 52.3 Å². The lowest BCUT2D eigenvalue weighted by molar-refractivity contribution is -0.103. The zero-order valence-corrected chi connectivity index (χ0v) is 8.26. The fourth-order valence-electron chi connectivity index (χ4n) is 0.949. The minimum absolute atomic E-state index is 0.401. The second-order valence-corrected chi connectivity index (χ2v) is 2.87. The van der Waals surface area contributed by atoms with Gasteiger partial charge in [0.15, 0.2) is 6.29 Å². The number of rotatable bonds is 1. The average molecular weight is 210 g/mol. The van der Waals surface area contributed by atoms with Crippen molar-refractivity contribution in [2.75, 3.05) is 12.8 Å². The van der Waals surface area contributed by atoms with Crippen LogP contribution >= 0.6 is 11.6 Å². The zero-order chi connectivity index (χ0) is 10.6. The Morgan fingerprint density at radius 3 is 2.86 bits per heavy atom. The number of nitrogen functional groups attached to an aromatic ring is 1. The standard InChI is InChI=1S/C10H8ClNO2/c1-14-10-5-7(3-2-4-13)8(11)6-9(10)12/h4-6H,12H2,1H3. The highest BCUT2D eigenvalue weighted by Crippen LogP contribution is 2.28. The number of carbonyl (C=O) groups excluding carboxylic acids is 1. The Labute approximate surface area is 86.8 Å². The van der Waals surface area contributed by atoms with Crippen LogP contribution in [0.4, 0.5) is 5.69 Å². The summed E-state index contributed by atoms with van der Waals surface area (Å²) in [4.78, 5) is 10.0. The molecule has 0 saturated carbocycles. The van der Waals surface area contributed by atoms with Crippen LogP contribution in [0.15, 0.2) is 12.1 Å². The van der Waals surface area contributed by atoms with E-state index >= 15 is 0 Å². The summed E-state index contributed by atoms with van der Waals surface area (Å²) in [5.74, 6) is 5.33. The fourth-order valence-corrected chi connectivity index (χ4v) is 1.17. The van der Waals surface area contributed by atoms with Gasteiger partial charge < -0.3 is 10.5 Å². The Balaban J connectivity index is 3.23. The molecule has 1 aromatic rings. The molecule has 0 aromatic heterocycles. The van der Waals surface area contributed by atoms with E-state index in [9.17, 15) is 4.79 Å². The van der Waals surface area contributed by atoms with Gasteiger partial charge in [0.05, 0.1) is 17.8 Å². The molecule has 0 atom stereocenters. The predicted molar refractivity (Wildman–Crippen MR) is 55.4 cm³/mol. The first-order valence-electron chi connectivity index (χ1n) is 3.77. The van der Waals surface area contributed by atoms with Crippen LogP contribution in [0.5, 0.6) is 5.75 Å². The summed E-state index contributed by atoms with van der Waals surface area (Å²) >= 11 is 5.84. The van der Waals surface area contributed by atoms with Crippen LogP contribution in [0.25, 0.3) is 0 Å². The van der Waals surface area contributed by atoms with E-state index in [2.05, 4.69) is 11.8 Å². The van der Waals surface area contributed by atoms with Crippen molar-refractivity contribution in [3.05, 3.63) is 22.7 Å². The van der Waals surface area contributed by atoms with Crippen molar-refractivity contribution in [1.29, 1.82) is 0 Å². The Hall–Kier alpha value is -1.66. The van der Waals surface area contributed by atoms with Crippen LogP contribution in [-0.4, -0.2) is 13.4 Å². The molecule has 0 unspecified atom stereocenters. The predicted octanol–water partition coefficient (Wildman–Crippen LogP) is 1.48. The molecule has 2 N–H and O–H groups in total. The molecule has 0 fully saturated rings. The molecule has 72 valence electrons. The number of nitrogens with two attached hydrogens (primary N) is 1. The van der Waals surface area contributed by atoms with E-state index in [-0.39, 0.29) is 0 Å². The summed E-state index contributed by atoms with van der Waals surface area (Å²) in [5, 5.41) is 0.401. The molecule has 0 aliphatic carbocycles. The molecule has 4 heteroatoms. The molecule has 1 rings (SSSR count). The van der Waals surface area contributed by atoms with Crippen LogP contribution in [0.1, 0.15) is 5.56 Å². The van der Waals surface area contributed by atoms with Crippen molar-refractivity contribution < 1.29 is 9.53 Å². The molecule has 14 heavy (non-hydrogen) atoms. The van der Waals surface area contributed by atoms with Gasteiger partial charge >= 0.3 is 0 Å². The van der Waals surface area contributed by atoms with Gasteiger partial charge in [-0.15, -0.1) is 0 Å². The van der Waals surface area contributed by atoms with Crippen molar-refractivity contribution >= 4 is 23.6 Å². The van der Waals surface area contributed by atoms with Gasteiger partial charge in [-0.2, -0.15) is 0 Å².